The van der Waals surface area contributed by atoms with E-state index < -0.39 is 6.10 Å². The lowest BCUT2D eigenvalue weighted by Gasteiger charge is -2.12. The van der Waals surface area contributed by atoms with Crippen molar-refractivity contribution >= 4 is 11.6 Å². The van der Waals surface area contributed by atoms with Crippen molar-refractivity contribution in [3.05, 3.63) is 66.5 Å². The number of nitrogens with zero attached hydrogens (tertiary/aromatic N) is 3. The van der Waals surface area contributed by atoms with E-state index >= 15 is 0 Å². The fraction of sp³-hybridized carbons (Fsp3) is 0.143. The maximum Gasteiger partial charge on any atom is 0.113 e. The predicted molar refractivity (Wildman–Crippen MR) is 75.2 cm³/mol. The van der Waals surface area contributed by atoms with Gasteiger partial charge in [-0.25, -0.2) is 4.68 Å². The molecule has 1 heterocycles. The van der Waals surface area contributed by atoms with Gasteiger partial charge in [-0.15, -0.1) is 18.3 Å². The highest BCUT2D eigenvalue weighted by Gasteiger charge is 2.18. The van der Waals surface area contributed by atoms with Crippen LogP contribution in [0.1, 0.15) is 11.8 Å². The van der Waals surface area contributed by atoms with Crippen LogP contribution in [-0.2, 0) is 0 Å². The summed E-state index contributed by atoms with van der Waals surface area (Å²) in [4.78, 5) is 0. The smallest absolute Gasteiger partial charge is 0.113 e. The van der Waals surface area contributed by atoms with Crippen LogP contribution in [0.5, 0.6) is 0 Å². The van der Waals surface area contributed by atoms with Gasteiger partial charge in [-0.3, -0.25) is 0 Å². The molecule has 4 nitrogen and oxygen atoms in total. The maximum absolute atomic E-state index is 10.1. The van der Waals surface area contributed by atoms with Crippen LogP contribution in [0.15, 0.2) is 55.8 Å². The van der Waals surface area contributed by atoms with Crippen LogP contribution >= 0.6 is 11.6 Å². The van der Waals surface area contributed by atoms with E-state index in [1.807, 2.05) is 12.1 Å². The van der Waals surface area contributed by atoms with Crippen molar-refractivity contribution in [3.8, 4) is 5.69 Å². The molecule has 1 unspecified atom stereocenters. The number of aliphatic hydroxyl groups excluding tert-OH is 1. The SMILES string of the molecule is C=CC(C=C)C(O)c1cn(-c2ccc(Cl)cc2)nn1. The predicted octanol–water partition coefficient (Wildman–Crippen LogP) is 2.94. The number of benzene rings is 1. The van der Waals surface area contributed by atoms with Crippen molar-refractivity contribution in [2.24, 2.45) is 5.92 Å². The summed E-state index contributed by atoms with van der Waals surface area (Å²) >= 11 is 5.83. The van der Waals surface area contributed by atoms with E-state index in [9.17, 15) is 5.11 Å². The summed E-state index contributed by atoms with van der Waals surface area (Å²) in [5.41, 5.74) is 1.30. The standard InChI is InChI=1S/C14H14ClN3O/c1-3-10(4-2)14(19)13-9-18(17-16-13)12-7-5-11(15)6-8-12/h3-10,14,19H,1-2H2. The minimum atomic E-state index is -0.795. The molecule has 2 rings (SSSR count). The molecule has 1 aromatic heterocycles. The normalized spacial score (nSPS) is 12.4. The van der Waals surface area contributed by atoms with Crippen molar-refractivity contribution in [2.45, 2.75) is 6.10 Å². The molecule has 19 heavy (non-hydrogen) atoms. The van der Waals surface area contributed by atoms with E-state index in [1.165, 1.54) is 0 Å². The second-order valence-electron chi connectivity index (χ2n) is 4.06. The van der Waals surface area contributed by atoms with Gasteiger partial charge in [0.2, 0.25) is 0 Å². The molecule has 1 aromatic carbocycles. The highest BCUT2D eigenvalue weighted by molar-refractivity contribution is 6.30. The molecular weight excluding hydrogens is 262 g/mol. The number of aromatic nitrogens is 3. The van der Waals surface area contributed by atoms with E-state index in [0.29, 0.717) is 10.7 Å². The Morgan fingerprint density at radius 2 is 1.84 bits per heavy atom. The summed E-state index contributed by atoms with van der Waals surface area (Å²) in [5, 5.41) is 18.7. The molecule has 5 heteroatoms. The molecule has 0 aliphatic rings. The third-order valence-corrected chi connectivity index (χ3v) is 3.07. The van der Waals surface area contributed by atoms with E-state index in [2.05, 4.69) is 23.5 Å². The molecule has 0 saturated heterocycles. The molecule has 1 N–H and O–H groups in total. The Labute approximate surface area is 116 Å². The zero-order chi connectivity index (χ0) is 13.8. The summed E-state index contributed by atoms with van der Waals surface area (Å²) in [6.07, 6.45) is 4.13. The summed E-state index contributed by atoms with van der Waals surface area (Å²) in [6.45, 7) is 7.30. The summed E-state index contributed by atoms with van der Waals surface area (Å²) in [6, 6.07) is 7.19. The van der Waals surface area contributed by atoms with Gasteiger partial charge in [0.15, 0.2) is 0 Å². The third-order valence-electron chi connectivity index (χ3n) is 2.81. The highest BCUT2D eigenvalue weighted by Crippen LogP contribution is 2.22. The van der Waals surface area contributed by atoms with Crippen LogP contribution in [0.2, 0.25) is 5.02 Å². The molecule has 0 aliphatic heterocycles. The van der Waals surface area contributed by atoms with Crippen molar-refractivity contribution in [1.82, 2.24) is 15.0 Å². The summed E-state index contributed by atoms with van der Waals surface area (Å²) in [7, 11) is 0. The quantitative estimate of drug-likeness (QED) is 0.854. The second kappa shape index (κ2) is 5.82. The Balaban J connectivity index is 2.25. The fourth-order valence-corrected chi connectivity index (χ4v) is 1.81. The molecule has 0 radical (unpaired) electrons. The van der Waals surface area contributed by atoms with Gasteiger partial charge in [0.05, 0.1) is 11.9 Å². The molecule has 0 amide bonds. The Morgan fingerprint density at radius 1 is 1.21 bits per heavy atom. The minimum Gasteiger partial charge on any atom is -0.386 e. The first kappa shape index (κ1) is 13.5. The second-order valence-corrected chi connectivity index (χ2v) is 4.49. The molecule has 2 aromatic rings. The molecule has 0 saturated carbocycles. The van der Waals surface area contributed by atoms with Crippen molar-refractivity contribution in [3.63, 3.8) is 0 Å². The van der Waals surface area contributed by atoms with Gasteiger partial charge >= 0.3 is 0 Å². The first-order chi connectivity index (χ1) is 9.15. The van der Waals surface area contributed by atoms with Crippen LogP contribution in [0.25, 0.3) is 5.69 Å². The van der Waals surface area contributed by atoms with Crippen LogP contribution in [-0.4, -0.2) is 20.1 Å². The van der Waals surface area contributed by atoms with Gasteiger partial charge < -0.3 is 5.11 Å². The van der Waals surface area contributed by atoms with Crippen LogP contribution in [0, 0.1) is 5.92 Å². The van der Waals surface area contributed by atoms with Gasteiger partial charge in [0.1, 0.15) is 11.8 Å². The largest absolute Gasteiger partial charge is 0.386 e. The third kappa shape index (κ3) is 2.92. The molecule has 0 fully saturated rings. The van der Waals surface area contributed by atoms with Gasteiger partial charge in [0, 0.05) is 10.9 Å². The van der Waals surface area contributed by atoms with Gasteiger partial charge in [-0.2, -0.15) is 0 Å². The Hall–Kier alpha value is -1.91. The van der Waals surface area contributed by atoms with Crippen molar-refractivity contribution in [1.29, 1.82) is 0 Å². The lowest BCUT2D eigenvalue weighted by molar-refractivity contribution is 0.146. The molecule has 0 aliphatic carbocycles. The van der Waals surface area contributed by atoms with Crippen LogP contribution in [0.3, 0.4) is 0 Å². The fourth-order valence-electron chi connectivity index (χ4n) is 1.68. The maximum atomic E-state index is 10.1. The summed E-state index contributed by atoms with van der Waals surface area (Å²) < 4.78 is 1.58. The Morgan fingerprint density at radius 3 is 2.42 bits per heavy atom. The van der Waals surface area contributed by atoms with E-state index in [-0.39, 0.29) is 5.92 Å². The minimum absolute atomic E-state index is 0.254. The Kier molecular flexibility index (Phi) is 4.14. The molecule has 0 bridgehead atoms. The van der Waals surface area contributed by atoms with Crippen molar-refractivity contribution < 1.29 is 5.11 Å². The van der Waals surface area contributed by atoms with Crippen LogP contribution in [0.4, 0.5) is 0 Å². The van der Waals surface area contributed by atoms with E-state index in [1.54, 1.807) is 35.2 Å². The highest BCUT2D eigenvalue weighted by atomic mass is 35.5. The summed E-state index contributed by atoms with van der Waals surface area (Å²) in [5.74, 6) is -0.254. The molecule has 1 atom stereocenters. The number of halogens is 1. The topological polar surface area (TPSA) is 50.9 Å². The van der Waals surface area contributed by atoms with Crippen LogP contribution < -0.4 is 0 Å². The molecule has 0 spiro atoms. The molecular formula is C14H14ClN3O. The zero-order valence-electron chi connectivity index (χ0n) is 10.3. The first-order valence-electron chi connectivity index (χ1n) is 5.77. The zero-order valence-corrected chi connectivity index (χ0v) is 11.0. The monoisotopic (exact) mass is 275 g/mol. The molecule has 98 valence electrons. The average molecular weight is 276 g/mol. The average Bonchev–Trinajstić information content (AvgIpc) is 2.90. The first-order valence-corrected chi connectivity index (χ1v) is 6.15. The lowest BCUT2D eigenvalue weighted by Crippen LogP contribution is -2.07. The van der Waals surface area contributed by atoms with Crippen molar-refractivity contribution in [2.75, 3.05) is 0 Å². The number of hydrogen-bond acceptors (Lipinski definition) is 3. The van der Waals surface area contributed by atoms with Gasteiger partial charge in [-0.1, -0.05) is 29.0 Å². The van der Waals surface area contributed by atoms with Gasteiger partial charge in [0.25, 0.3) is 0 Å². The number of aliphatic hydroxyl groups is 1. The number of rotatable bonds is 5. The number of hydrogen-bond donors (Lipinski definition) is 1. The van der Waals surface area contributed by atoms with E-state index in [0.717, 1.165) is 5.69 Å². The Bertz CT molecular complexity index is 569. The van der Waals surface area contributed by atoms with Gasteiger partial charge in [-0.05, 0) is 24.3 Å². The van der Waals surface area contributed by atoms with E-state index in [4.69, 9.17) is 11.6 Å². The lowest BCUT2D eigenvalue weighted by atomic mass is 10.0.